The molecule has 0 radical (unpaired) electrons. The third-order valence-electron chi connectivity index (χ3n) is 0.346. The molecular formula is N4O8Ru. The Labute approximate surface area is 74.2 Å². The van der Waals surface area contributed by atoms with E-state index in [9.17, 15) is 30.3 Å². The van der Waals surface area contributed by atoms with E-state index >= 15 is 0 Å². The SMILES string of the molecule is O=N[O-].O=[N+]([O-])[Ru+]([N+](=O)[O-])[N+](=O)[O-]. The van der Waals surface area contributed by atoms with Crippen molar-refractivity contribution in [3.8, 4) is 0 Å². The molecule has 12 nitrogen and oxygen atoms in total. The van der Waals surface area contributed by atoms with Crippen LogP contribution in [-0.4, -0.2) is 11.0 Å². The quantitative estimate of drug-likeness (QED) is 0.285. The molecule has 0 heterocycles. The van der Waals surface area contributed by atoms with Gasteiger partial charge in [0.25, 0.3) is 0 Å². The summed E-state index contributed by atoms with van der Waals surface area (Å²) in [5.41, 5.74) is 0. The van der Waals surface area contributed by atoms with Crippen molar-refractivity contribution in [3.63, 3.8) is 0 Å². The molecule has 0 aliphatic carbocycles. The topological polar surface area (TPSA) is 182 Å². The van der Waals surface area contributed by atoms with Gasteiger partial charge < -0.3 is 10.1 Å². The molecule has 13 heavy (non-hydrogen) atoms. The first kappa shape index (κ1) is 13.8. The minimum atomic E-state index is -4.33. The molecule has 0 N–H and O–H groups in total. The van der Waals surface area contributed by atoms with E-state index < -0.39 is 27.7 Å². The van der Waals surface area contributed by atoms with Gasteiger partial charge in [-0.1, -0.05) is 0 Å². The minimum absolute atomic E-state index is 1.00. The maximum atomic E-state index is 9.57. The van der Waals surface area contributed by atoms with Gasteiger partial charge in [-0.15, -0.1) is 5.34 Å². The fourth-order valence-electron chi connectivity index (χ4n) is 0.141. The molecule has 0 bridgehead atoms. The summed E-state index contributed by atoms with van der Waals surface area (Å²) in [6, 6.07) is 0. The average Bonchev–Trinajstić information content (AvgIpc) is 1.84. The summed E-state index contributed by atoms with van der Waals surface area (Å²) in [5.74, 6) is 0. The molecule has 0 saturated carbocycles. The summed E-state index contributed by atoms with van der Waals surface area (Å²) in [7, 11) is 0. The second kappa shape index (κ2) is 6.90. The monoisotopic (exact) mass is 286 g/mol. The van der Waals surface area contributed by atoms with Crippen molar-refractivity contribution >= 4 is 0 Å². The van der Waals surface area contributed by atoms with Crippen molar-refractivity contribution in [2.24, 2.45) is 5.34 Å². The van der Waals surface area contributed by atoms with Crippen molar-refractivity contribution in [1.29, 1.82) is 0 Å². The van der Waals surface area contributed by atoms with E-state index in [1.54, 1.807) is 0 Å². The zero-order chi connectivity index (χ0) is 11.0. The Morgan fingerprint density at radius 2 is 1.08 bits per heavy atom. The maximum absolute atomic E-state index is 9.57. The van der Waals surface area contributed by atoms with Gasteiger partial charge in [0.15, 0.2) is 0 Å². The number of nitrogens with zero attached hydrogens (tertiary/aromatic N) is 4. The molecule has 0 aliphatic rings. The van der Waals surface area contributed by atoms with Gasteiger partial charge in [-0.25, -0.2) is 0 Å². The molecule has 13 heteroatoms. The van der Waals surface area contributed by atoms with E-state index in [1.165, 1.54) is 0 Å². The second-order valence-electron chi connectivity index (χ2n) is 0.898. The summed E-state index contributed by atoms with van der Waals surface area (Å²) in [4.78, 5) is 36.7. The van der Waals surface area contributed by atoms with Gasteiger partial charge in [0.1, 0.15) is 0 Å². The Hall–Kier alpha value is -1.78. The Morgan fingerprint density at radius 3 is 1.08 bits per heavy atom. The van der Waals surface area contributed by atoms with E-state index in [0.29, 0.717) is 0 Å². The Morgan fingerprint density at radius 1 is 0.923 bits per heavy atom. The van der Waals surface area contributed by atoms with Crippen molar-refractivity contribution < 1.29 is 27.7 Å². The van der Waals surface area contributed by atoms with Crippen molar-refractivity contribution in [2.75, 3.05) is 0 Å². The molecule has 0 aromatic carbocycles. The first-order valence-corrected chi connectivity index (χ1v) is 4.27. The molecule has 0 aromatic rings. The molecule has 0 rings (SSSR count). The second-order valence-corrected chi connectivity index (χ2v) is 3.84. The number of rotatable bonds is 3. The van der Waals surface area contributed by atoms with Crippen LogP contribution in [0.1, 0.15) is 0 Å². The number of hydrogen-bond donors (Lipinski definition) is 0. The fraction of sp³-hybridized carbons (Fsp3) is 0. The number of hydrogen-bond acceptors (Lipinski definition) is 9. The molecule has 0 saturated heterocycles. The molecular weight excluding hydrogens is 285 g/mol. The molecule has 0 aliphatic heterocycles. The van der Waals surface area contributed by atoms with Crippen LogP contribution in [0.4, 0.5) is 0 Å². The standard InChI is InChI=1S/HNO2.3NO2.Ru/c4*2-1-3;/h(H,2,3);;;;/q;;;;+1/p-1. The predicted octanol–water partition coefficient (Wildman–Crippen LogP) is -0.570. The van der Waals surface area contributed by atoms with Crippen molar-refractivity contribution in [2.45, 2.75) is 0 Å². The van der Waals surface area contributed by atoms with Gasteiger partial charge >= 0.3 is 58.0 Å². The van der Waals surface area contributed by atoms with Crippen LogP contribution in [0.2, 0.25) is 0 Å². The zero-order valence-corrected chi connectivity index (χ0v) is 7.15. The summed E-state index contributed by atoms with van der Waals surface area (Å²) in [6.07, 6.45) is 0. The Balaban J connectivity index is 0. The molecule has 76 valence electrons. The molecule has 0 spiro atoms. The van der Waals surface area contributed by atoms with Gasteiger partial charge in [0.05, 0.1) is 0 Å². The van der Waals surface area contributed by atoms with Gasteiger partial charge in [-0.05, 0) is 0 Å². The summed E-state index contributed by atoms with van der Waals surface area (Å²) < 4.78 is -4.32. The summed E-state index contributed by atoms with van der Waals surface area (Å²) in [6.45, 7) is 0. The van der Waals surface area contributed by atoms with Crippen LogP contribution in [0.25, 0.3) is 0 Å². The normalized spacial score (nSPS) is 8.77. The van der Waals surface area contributed by atoms with E-state index in [4.69, 9.17) is 10.1 Å². The van der Waals surface area contributed by atoms with E-state index in [2.05, 4.69) is 0 Å². The first-order valence-electron chi connectivity index (χ1n) is 1.93. The fourth-order valence-corrected chi connectivity index (χ4v) is 0.837. The third kappa shape index (κ3) is 6.61. The van der Waals surface area contributed by atoms with Gasteiger partial charge in [0.2, 0.25) is 0 Å². The molecule has 0 unspecified atom stereocenters. The van der Waals surface area contributed by atoms with Crippen molar-refractivity contribution in [3.05, 3.63) is 40.5 Å². The van der Waals surface area contributed by atoms with Crippen molar-refractivity contribution in [1.82, 2.24) is 0 Å². The zero-order valence-electron chi connectivity index (χ0n) is 5.41. The van der Waals surface area contributed by atoms with Gasteiger partial charge in [-0.2, -0.15) is 0 Å². The summed E-state index contributed by atoms with van der Waals surface area (Å²) in [5, 5.41) is 37.7. The van der Waals surface area contributed by atoms with E-state index in [-0.39, 0.29) is 0 Å². The Bertz CT molecular complexity index is 189. The van der Waals surface area contributed by atoms with Gasteiger partial charge in [0, 0.05) is 0 Å². The molecule has 0 fully saturated rings. The van der Waals surface area contributed by atoms with Gasteiger partial charge in [-0.3, -0.25) is 0 Å². The molecule has 0 aromatic heterocycles. The third-order valence-corrected chi connectivity index (χ3v) is 2.05. The summed E-state index contributed by atoms with van der Waals surface area (Å²) >= 11 is -4.33. The Kier molecular flexibility index (Phi) is 7.32. The van der Waals surface area contributed by atoms with Crippen LogP contribution >= 0.6 is 0 Å². The van der Waals surface area contributed by atoms with Crippen LogP contribution in [0.15, 0.2) is 5.34 Å². The average molecular weight is 285 g/mol. The van der Waals surface area contributed by atoms with Crippen LogP contribution in [0, 0.1) is 40.5 Å². The van der Waals surface area contributed by atoms with Crippen LogP contribution in [-0.2, 0) is 16.7 Å². The van der Waals surface area contributed by atoms with Crippen LogP contribution in [0.3, 0.4) is 0 Å². The van der Waals surface area contributed by atoms with E-state index in [0.717, 1.165) is 5.34 Å². The molecule has 0 atom stereocenters. The van der Waals surface area contributed by atoms with E-state index in [1.807, 2.05) is 0 Å². The predicted molar refractivity (Wildman–Crippen MR) is 30.1 cm³/mol. The first-order chi connectivity index (χ1) is 5.88. The number of nitro groups is 3. The van der Waals surface area contributed by atoms with Crippen LogP contribution < -0.4 is 0 Å². The molecule has 0 amide bonds. The van der Waals surface area contributed by atoms with Crippen LogP contribution in [0.5, 0.6) is 0 Å².